The van der Waals surface area contributed by atoms with Crippen LogP contribution in [0.15, 0.2) is 28.7 Å². The van der Waals surface area contributed by atoms with Crippen molar-refractivity contribution in [2.24, 2.45) is 5.92 Å². The van der Waals surface area contributed by atoms with Gasteiger partial charge in [0.15, 0.2) is 0 Å². The molecule has 1 saturated heterocycles. The Bertz CT molecular complexity index is 998. The summed E-state index contributed by atoms with van der Waals surface area (Å²) in [5, 5.41) is 7.14. The van der Waals surface area contributed by atoms with Crippen LogP contribution in [0.4, 0.5) is 18.0 Å². The molecule has 11 heteroatoms. The third-order valence-electron chi connectivity index (χ3n) is 6.10. The lowest BCUT2D eigenvalue weighted by atomic mass is 9.82. The van der Waals surface area contributed by atoms with Crippen molar-refractivity contribution in [1.82, 2.24) is 15.5 Å². The first-order chi connectivity index (χ1) is 15.7. The highest BCUT2D eigenvalue weighted by Crippen LogP contribution is 2.42. The van der Waals surface area contributed by atoms with Crippen LogP contribution in [-0.4, -0.2) is 54.9 Å². The first-order valence-corrected chi connectivity index (χ1v) is 11.2. The smallest absolute Gasteiger partial charge is 0.392 e. The first-order valence-electron chi connectivity index (χ1n) is 10.9. The number of furan rings is 1. The Hall–Kier alpha value is -2.46. The van der Waals surface area contributed by atoms with Crippen LogP contribution in [0.3, 0.4) is 0 Å². The lowest BCUT2D eigenvalue weighted by Crippen LogP contribution is -2.50. The lowest BCUT2D eigenvalue weighted by Gasteiger charge is -2.36. The lowest BCUT2D eigenvalue weighted by molar-refractivity contribution is -0.219. The molecule has 3 amide bonds. The van der Waals surface area contributed by atoms with Gasteiger partial charge in [-0.2, -0.15) is 13.2 Å². The van der Waals surface area contributed by atoms with Gasteiger partial charge >= 0.3 is 12.2 Å². The number of nitrogens with one attached hydrogen (secondary N) is 2. The Morgan fingerprint density at radius 2 is 1.91 bits per heavy atom. The van der Waals surface area contributed by atoms with Gasteiger partial charge in [0.25, 0.3) is 0 Å². The molecule has 1 aromatic carbocycles. The molecule has 2 N–H and O–H groups in total. The number of urea groups is 1. The SMILES string of the molecule is O=C(CO[C@H]1C[C@@H](C(F)(F)F)C1)NC1CCN(C(=O)NCc2cc3cc(Cl)ccc3o2)CC1. The van der Waals surface area contributed by atoms with Crippen molar-refractivity contribution in [3.63, 3.8) is 0 Å². The van der Waals surface area contributed by atoms with Gasteiger partial charge in [0, 0.05) is 29.5 Å². The molecule has 2 aliphatic rings. The summed E-state index contributed by atoms with van der Waals surface area (Å²) in [6, 6.07) is 6.82. The van der Waals surface area contributed by atoms with Crippen molar-refractivity contribution < 1.29 is 31.9 Å². The molecule has 1 aliphatic heterocycles. The zero-order valence-electron chi connectivity index (χ0n) is 17.8. The molecule has 33 heavy (non-hydrogen) atoms. The van der Waals surface area contributed by atoms with Crippen LogP contribution in [-0.2, 0) is 16.1 Å². The summed E-state index contributed by atoms with van der Waals surface area (Å²) in [4.78, 5) is 26.2. The predicted molar refractivity (Wildman–Crippen MR) is 115 cm³/mol. The Balaban J connectivity index is 1.13. The summed E-state index contributed by atoms with van der Waals surface area (Å²) < 4.78 is 48.4. The second-order valence-corrected chi connectivity index (χ2v) is 8.96. The van der Waals surface area contributed by atoms with Gasteiger partial charge in [-0.3, -0.25) is 4.79 Å². The fourth-order valence-electron chi connectivity index (χ4n) is 4.09. The van der Waals surface area contributed by atoms with E-state index < -0.39 is 18.2 Å². The summed E-state index contributed by atoms with van der Waals surface area (Å²) in [5.74, 6) is -1.06. The zero-order valence-corrected chi connectivity index (χ0v) is 18.5. The summed E-state index contributed by atoms with van der Waals surface area (Å²) in [6.07, 6.45) is -3.72. The van der Waals surface area contributed by atoms with Crippen LogP contribution < -0.4 is 10.6 Å². The third kappa shape index (κ3) is 6.11. The fourth-order valence-corrected chi connectivity index (χ4v) is 4.27. The van der Waals surface area contributed by atoms with Gasteiger partial charge in [0.1, 0.15) is 18.0 Å². The molecule has 0 atom stereocenters. The van der Waals surface area contributed by atoms with E-state index in [1.54, 1.807) is 23.1 Å². The number of hydrogen-bond donors (Lipinski definition) is 2. The minimum Gasteiger partial charge on any atom is -0.459 e. The van der Waals surface area contributed by atoms with Crippen molar-refractivity contribution in [3.05, 3.63) is 35.0 Å². The van der Waals surface area contributed by atoms with Gasteiger partial charge in [-0.05, 0) is 49.9 Å². The highest BCUT2D eigenvalue weighted by molar-refractivity contribution is 6.31. The number of carbonyl (C=O) groups is 2. The minimum absolute atomic E-state index is 0.0912. The highest BCUT2D eigenvalue weighted by Gasteiger charge is 2.48. The molecule has 180 valence electrons. The molecule has 7 nitrogen and oxygen atoms in total. The molecular formula is C22H25ClF3N3O4. The van der Waals surface area contributed by atoms with E-state index >= 15 is 0 Å². The number of hydrogen-bond acceptors (Lipinski definition) is 4. The number of alkyl halides is 3. The fraction of sp³-hybridized carbons (Fsp3) is 0.545. The number of ether oxygens (including phenoxy) is 1. The van der Waals surface area contributed by atoms with Gasteiger partial charge in [-0.1, -0.05) is 11.6 Å². The molecule has 4 rings (SSSR count). The molecule has 1 saturated carbocycles. The Kier molecular flexibility index (Phi) is 7.04. The van der Waals surface area contributed by atoms with E-state index in [-0.39, 0.29) is 44.0 Å². The molecule has 1 aliphatic carbocycles. The molecule has 0 spiro atoms. The molecule has 1 aromatic heterocycles. The van der Waals surface area contributed by atoms with E-state index in [0.29, 0.717) is 42.3 Å². The number of carbonyl (C=O) groups excluding carboxylic acids is 2. The van der Waals surface area contributed by atoms with Gasteiger partial charge in [-0.25, -0.2) is 4.79 Å². The number of piperidine rings is 1. The van der Waals surface area contributed by atoms with Crippen molar-refractivity contribution in [2.45, 2.75) is 50.6 Å². The van der Waals surface area contributed by atoms with Crippen LogP contribution >= 0.6 is 11.6 Å². The van der Waals surface area contributed by atoms with Crippen molar-refractivity contribution in [1.29, 1.82) is 0 Å². The summed E-state index contributed by atoms with van der Waals surface area (Å²) in [7, 11) is 0. The number of nitrogens with zero attached hydrogens (tertiary/aromatic N) is 1. The molecule has 0 bridgehead atoms. The first kappa shape index (κ1) is 23.7. The van der Waals surface area contributed by atoms with E-state index in [1.165, 1.54) is 0 Å². The molecule has 2 fully saturated rings. The Labute approximate surface area is 193 Å². The molecular weight excluding hydrogens is 463 g/mol. The molecule has 2 heterocycles. The zero-order chi connectivity index (χ0) is 23.6. The number of benzene rings is 1. The second kappa shape index (κ2) is 9.80. The number of halogens is 4. The van der Waals surface area contributed by atoms with Gasteiger partial charge < -0.3 is 24.7 Å². The largest absolute Gasteiger partial charge is 0.459 e. The van der Waals surface area contributed by atoms with E-state index in [0.717, 1.165) is 5.39 Å². The number of amides is 3. The van der Waals surface area contributed by atoms with Crippen LogP contribution in [0.25, 0.3) is 11.0 Å². The number of likely N-dealkylation sites (tertiary alicyclic amines) is 1. The van der Waals surface area contributed by atoms with Gasteiger partial charge in [-0.15, -0.1) is 0 Å². The van der Waals surface area contributed by atoms with E-state index in [2.05, 4.69) is 10.6 Å². The maximum atomic E-state index is 12.5. The maximum absolute atomic E-state index is 12.5. The van der Waals surface area contributed by atoms with E-state index in [9.17, 15) is 22.8 Å². The standard InChI is InChI=1S/C22H25ClF3N3O4/c23-15-1-2-19-13(7-15)8-18(33-19)11-27-21(31)29-5-3-16(4-6-29)28-20(30)12-32-17-9-14(10-17)22(24,25)26/h1-2,7-8,14,16-17H,3-6,9-12H2,(H,27,31)(H,28,30)/t14-,17+. The molecule has 0 radical (unpaired) electrons. The van der Waals surface area contributed by atoms with Crippen LogP contribution in [0.1, 0.15) is 31.4 Å². The topological polar surface area (TPSA) is 83.8 Å². The molecule has 2 aromatic rings. The maximum Gasteiger partial charge on any atom is 0.392 e. The number of rotatable bonds is 6. The number of fused-ring (bicyclic) bond motifs is 1. The van der Waals surface area contributed by atoms with Crippen molar-refractivity contribution >= 4 is 34.5 Å². The van der Waals surface area contributed by atoms with Crippen LogP contribution in [0, 0.1) is 5.92 Å². The van der Waals surface area contributed by atoms with Gasteiger partial charge in [0.2, 0.25) is 5.91 Å². The summed E-state index contributed by atoms with van der Waals surface area (Å²) >= 11 is 5.97. The predicted octanol–water partition coefficient (Wildman–Crippen LogP) is 4.23. The average molecular weight is 488 g/mol. The Morgan fingerprint density at radius 3 is 2.61 bits per heavy atom. The van der Waals surface area contributed by atoms with Crippen LogP contribution in [0.5, 0.6) is 0 Å². The van der Waals surface area contributed by atoms with E-state index in [4.69, 9.17) is 20.8 Å². The van der Waals surface area contributed by atoms with E-state index in [1.807, 2.05) is 6.07 Å². The van der Waals surface area contributed by atoms with Crippen molar-refractivity contribution in [3.8, 4) is 0 Å². The normalized spacial score (nSPS) is 21.6. The van der Waals surface area contributed by atoms with Crippen molar-refractivity contribution in [2.75, 3.05) is 19.7 Å². The Morgan fingerprint density at radius 1 is 1.18 bits per heavy atom. The monoisotopic (exact) mass is 487 g/mol. The van der Waals surface area contributed by atoms with Crippen LogP contribution in [0.2, 0.25) is 5.02 Å². The summed E-state index contributed by atoms with van der Waals surface area (Å²) in [6.45, 7) is 0.945. The molecule has 0 unspecified atom stereocenters. The third-order valence-corrected chi connectivity index (χ3v) is 6.33. The highest BCUT2D eigenvalue weighted by atomic mass is 35.5. The second-order valence-electron chi connectivity index (χ2n) is 8.53. The summed E-state index contributed by atoms with van der Waals surface area (Å²) in [5.41, 5.74) is 0.696. The van der Waals surface area contributed by atoms with Gasteiger partial charge in [0.05, 0.1) is 18.6 Å². The quantitative estimate of drug-likeness (QED) is 0.638. The minimum atomic E-state index is -4.19. The average Bonchev–Trinajstić information content (AvgIpc) is 3.12.